The van der Waals surface area contributed by atoms with E-state index in [1.807, 2.05) is 0 Å². The molecule has 0 N–H and O–H groups in total. The van der Waals surface area contributed by atoms with Gasteiger partial charge in [-0.15, -0.1) is 0 Å². The van der Waals surface area contributed by atoms with Gasteiger partial charge in [0.2, 0.25) is 0 Å². The van der Waals surface area contributed by atoms with Crippen LogP contribution in [0.2, 0.25) is 0 Å². The van der Waals surface area contributed by atoms with Gasteiger partial charge in [-0.1, -0.05) is 47.5 Å². The van der Waals surface area contributed by atoms with Gasteiger partial charge in [-0.05, 0) is 37.3 Å². The zero-order valence-corrected chi connectivity index (χ0v) is 13.2. The van der Waals surface area contributed by atoms with Crippen molar-refractivity contribution in [2.24, 2.45) is 11.8 Å². The van der Waals surface area contributed by atoms with Crippen molar-refractivity contribution in [1.29, 1.82) is 0 Å². The van der Waals surface area contributed by atoms with Crippen LogP contribution in [0.1, 0.15) is 25.0 Å². The molecule has 2 heteroatoms. The molecule has 0 aromatic heterocycles. The van der Waals surface area contributed by atoms with Crippen molar-refractivity contribution in [3.05, 3.63) is 29.3 Å². The van der Waals surface area contributed by atoms with E-state index in [4.69, 9.17) is 0 Å². The lowest BCUT2D eigenvalue weighted by molar-refractivity contribution is 0.432. The first-order chi connectivity index (χ1) is 7.95. The molecule has 1 rings (SSSR count). The second-order valence-electron chi connectivity index (χ2n) is 5.33. The maximum absolute atomic E-state index is 3.62. The van der Waals surface area contributed by atoms with Crippen LogP contribution in [0.25, 0.3) is 0 Å². The Balaban J connectivity index is 2.78. The molecule has 0 aliphatic rings. The normalized spacial score (nSPS) is 12.9. The molecule has 1 aromatic carbocycles. The molecule has 0 amide bonds. The van der Waals surface area contributed by atoms with Gasteiger partial charge < -0.3 is 4.90 Å². The minimum Gasteiger partial charge on any atom is -0.374 e. The lowest BCUT2D eigenvalue weighted by Gasteiger charge is -2.28. The Bertz CT molecular complexity index is 360. The summed E-state index contributed by atoms with van der Waals surface area (Å²) in [5.74, 6) is 1.41. The van der Waals surface area contributed by atoms with Crippen molar-refractivity contribution in [3.63, 3.8) is 0 Å². The zero-order chi connectivity index (χ0) is 13.0. The average Bonchev–Trinajstić information content (AvgIpc) is 2.24. The molecular formula is C15H24BrN. The monoisotopic (exact) mass is 297 g/mol. The number of benzene rings is 1. The summed E-state index contributed by atoms with van der Waals surface area (Å²) in [5, 5.41) is 1.07. The van der Waals surface area contributed by atoms with Crippen molar-refractivity contribution in [1.82, 2.24) is 0 Å². The summed E-state index contributed by atoms with van der Waals surface area (Å²) in [4.78, 5) is 2.38. The molecule has 1 atom stereocenters. The van der Waals surface area contributed by atoms with E-state index in [-0.39, 0.29) is 0 Å². The second kappa shape index (κ2) is 6.44. The number of rotatable bonds is 5. The lowest BCUT2D eigenvalue weighted by atomic mass is 9.97. The van der Waals surface area contributed by atoms with Gasteiger partial charge in [0, 0.05) is 24.6 Å². The first-order valence-electron chi connectivity index (χ1n) is 6.30. The van der Waals surface area contributed by atoms with Crippen LogP contribution in [0.5, 0.6) is 0 Å². The van der Waals surface area contributed by atoms with E-state index in [9.17, 15) is 0 Å². The summed E-state index contributed by atoms with van der Waals surface area (Å²) in [6, 6.07) is 6.68. The highest BCUT2D eigenvalue weighted by molar-refractivity contribution is 9.09. The number of aryl methyl sites for hydroxylation is 2. The van der Waals surface area contributed by atoms with Crippen LogP contribution in [0.4, 0.5) is 5.69 Å². The number of nitrogens with zero attached hydrogens (tertiary/aromatic N) is 1. The Kier molecular flexibility index (Phi) is 5.51. The van der Waals surface area contributed by atoms with E-state index >= 15 is 0 Å². The Morgan fingerprint density at radius 1 is 1.24 bits per heavy atom. The van der Waals surface area contributed by atoms with Gasteiger partial charge >= 0.3 is 0 Å². The largest absolute Gasteiger partial charge is 0.374 e. The van der Waals surface area contributed by atoms with E-state index in [0.717, 1.165) is 11.9 Å². The van der Waals surface area contributed by atoms with E-state index < -0.39 is 0 Å². The standard InChI is InChI=1S/C15H24BrN/c1-11(2)14(9-16)10-17(5)15-7-6-12(3)8-13(15)4/h6-8,11,14H,9-10H2,1-5H3. The molecule has 1 unspecified atom stereocenters. The minimum absolute atomic E-state index is 0.695. The molecular weight excluding hydrogens is 274 g/mol. The zero-order valence-electron chi connectivity index (χ0n) is 11.6. The number of halogens is 1. The van der Waals surface area contributed by atoms with Crippen LogP contribution in [0.15, 0.2) is 18.2 Å². The predicted octanol–water partition coefficient (Wildman–Crippen LogP) is 4.41. The predicted molar refractivity (Wildman–Crippen MR) is 81.3 cm³/mol. The Hall–Kier alpha value is -0.500. The van der Waals surface area contributed by atoms with E-state index in [1.165, 1.54) is 16.8 Å². The lowest BCUT2D eigenvalue weighted by Crippen LogP contribution is -2.29. The molecule has 0 aliphatic heterocycles. The van der Waals surface area contributed by atoms with Gasteiger partial charge in [0.1, 0.15) is 0 Å². The summed E-state index contributed by atoms with van der Waals surface area (Å²) in [6.45, 7) is 10.0. The molecule has 17 heavy (non-hydrogen) atoms. The van der Waals surface area contributed by atoms with Crippen LogP contribution >= 0.6 is 15.9 Å². The summed E-state index contributed by atoms with van der Waals surface area (Å²) in [5.41, 5.74) is 4.05. The van der Waals surface area contributed by atoms with Gasteiger partial charge in [-0.25, -0.2) is 0 Å². The Labute approximate surface area is 114 Å². The number of hydrogen-bond acceptors (Lipinski definition) is 1. The van der Waals surface area contributed by atoms with Crippen LogP contribution < -0.4 is 4.90 Å². The van der Waals surface area contributed by atoms with Crippen LogP contribution in [0, 0.1) is 25.7 Å². The third kappa shape index (κ3) is 4.02. The highest BCUT2D eigenvalue weighted by Crippen LogP contribution is 2.23. The molecule has 1 aromatic rings. The van der Waals surface area contributed by atoms with Crippen molar-refractivity contribution < 1.29 is 0 Å². The van der Waals surface area contributed by atoms with Crippen molar-refractivity contribution in [2.75, 3.05) is 23.8 Å². The van der Waals surface area contributed by atoms with Crippen molar-refractivity contribution >= 4 is 21.6 Å². The third-order valence-electron chi connectivity index (χ3n) is 3.41. The molecule has 96 valence electrons. The van der Waals surface area contributed by atoms with Crippen LogP contribution in [-0.2, 0) is 0 Å². The van der Waals surface area contributed by atoms with E-state index in [2.05, 4.69) is 73.8 Å². The van der Waals surface area contributed by atoms with Crippen molar-refractivity contribution in [2.45, 2.75) is 27.7 Å². The van der Waals surface area contributed by atoms with Gasteiger partial charge in [0.25, 0.3) is 0 Å². The number of anilines is 1. The molecule has 1 nitrogen and oxygen atoms in total. The molecule has 0 saturated heterocycles. The van der Waals surface area contributed by atoms with Gasteiger partial charge in [0.05, 0.1) is 0 Å². The maximum atomic E-state index is 3.62. The summed E-state index contributed by atoms with van der Waals surface area (Å²) < 4.78 is 0. The van der Waals surface area contributed by atoms with Crippen LogP contribution in [0.3, 0.4) is 0 Å². The molecule has 0 heterocycles. The molecule has 0 saturated carbocycles. The highest BCUT2D eigenvalue weighted by Gasteiger charge is 2.15. The summed E-state index contributed by atoms with van der Waals surface area (Å²) in [6.07, 6.45) is 0. The number of alkyl halides is 1. The van der Waals surface area contributed by atoms with Gasteiger partial charge in [-0.3, -0.25) is 0 Å². The smallest absolute Gasteiger partial charge is 0.0393 e. The average molecular weight is 298 g/mol. The first kappa shape index (κ1) is 14.6. The second-order valence-corrected chi connectivity index (χ2v) is 5.98. The van der Waals surface area contributed by atoms with Crippen molar-refractivity contribution in [3.8, 4) is 0 Å². The van der Waals surface area contributed by atoms with E-state index in [0.29, 0.717) is 11.8 Å². The quantitative estimate of drug-likeness (QED) is 0.728. The fourth-order valence-corrected chi connectivity index (χ4v) is 3.07. The van der Waals surface area contributed by atoms with Gasteiger partial charge in [0.15, 0.2) is 0 Å². The minimum atomic E-state index is 0.695. The number of hydrogen-bond donors (Lipinski definition) is 0. The maximum Gasteiger partial charge on any atom is 0.0393 e. The third-order valence-corrected chi connectivity index (χ3v) is 4.24. The Morgan fingerprint density at radius 3 is 2.35 bits per heavy atom. The molecule has 0 spiro atoms. The summed E-state index contributed by atoms with van der Waals surface area (Å²) in [7, 11) is 2.19. The molecule has 0 bridgehead atoms. The molecule has 0 aliphatic carbocycles. The molecule has 0 fully saturated rings. The SMILES string of the molecule is Cc1ccc(N(C)CC(CBr)C(C)C)c(C)c1. The fourth-order valence-electron chi connectivity index (χ4n) is 2.12. The highest BCUT2D eigenvalue weighted by atomic mass is 79.9. The van der Waals surface area contributed by atoms with Crippen LogP contribution in [-0.4, -0.2) is 18.9 Å². The molecule has 0 radical (unpaired) electrons. The Morgan fingerprint density at radius 2 is 1.88 bits per heavy atom. The van der Waals surface area contributed by atoms with Gasteiger partial charge in [-0.2, -0.15) is 0 Å². The fraction of sp³-hybridized carbons (Fsp3) is 0.600. The first-order valence-corrected chi connectivity index (χ1v) is 7.42. The van der Waals surface area contributed by atoms with E-state index in [1.54, 1.807) is 0 Å². The topological polar surface area (TPSA) is 3.24 Å². The summed E-state index contributed by atoms with van der Waals surface area (Å²) >= 11 is 3.62.